The molecule has 0 aromatic heterocycles. The summed E-state index contributed by atoms with van der Waals surface area (Å²) in [6.07, 6.45) is 4.61. The zero-order chi connectivity index (χ0) is 12.7. The van der Waals surface area contributed by atoms with Gasteiger partial charge in [-0.15, -0.1) is 0 Å². The maximum absolute atomic E-state index is 5.62. The van der Waals surface area contributed by atoms with E-state index in [2.05, 4.69) is 30.4 Å². The van der Waals surface area contributed by atoms with E-state index in [1.54, 1.807) is 0 Å². The molecule has 0 saturated carbocycles. The second kappa shape index (κ2) is 7.62. The molecule has 1 aliphatic heterocycles. The number of nitrogens with one attached hydrogen (secondary N) is 1. The summed E-state index contributed by atoms with van der Waals surface area (Å²) in [6.45, 7) is 6.33. The van der Waals surface area contributed by atoms with E-state index in [0.29, 0.717) is 11.5 Å². The third-order valence-corrected chi connectivity index (χ3v) is 4.49. The van der Waals surface area contributed by atoms with Crippen LogP contribution in [0.3, 0.4) is 0 Å². The first-order chi connectivity index (χ1) is 8.17. The zero-order valence-electron chi connectivity index (χ0n) is 11.8. The molecular weight excluding hydrogens is 232 g/mol. The Morgan fingerprint density at radius 3 is 2.76 bits per heavy atom. The summed E-state index contributed by atoms with van der Waals surface area (Å²) < 4.78 is 5.62. The van der Waals surface area contributed by atoms with Crippen molar-refractivity contribution in [2.75, 3.05) is 52.4 Å². The minimum Gasteiger partial charge on any atom is -0.381 e. The van der Waals surface area contributed by atoms with Crippen molar-refractivity contribution in [2.45, 2.75) is 25.8 Å². The molecule has 0 aliphatic carbocycles. The summed E-state index contributed by atoms with van der Waals surface area (Å²) >= 11 is 1.94. The van der Waals surface area contributed by atoms with Crippen LogP contribution in [0.15, 0.2) is 0 Å². The molecule has 102 valence electrons. The fourth-order valence-corrected chi connectivity index (χ4v) is 3.63. The van der Waals surface area contributed by atoms with Gasteiger partial charge in [0, 0.05) is 36.9 Å². The molecule has 0 amide bonds. The number of nitrogens with zero attached hydrogens (tertiary/aromatic N) is 1. The number of ether oxygens (including phenoxy) is 1. The first-order valence-corrected chi connectivity index (χ1v) is 7.98. The third-order valence-electron chi connectivity index (χ3n) is 3.78. The Labute approximate surface area is 111 Å². The molecule has 0 bridgehead atoms. The maximum Gasteiger partial charge on any atom is 0.0547 e. The molecule has 1 heterocycles. The average Bonchev–Trinajstić information content (AvgIpc) is 2.74. The van der Waals surface area contributed by atoms with Gasteiger partial charge in [-0.25, -0.2) is 0 Å². The van der Waals surface area contributed by atoms with Gasteiger partial charge >= 0.3 is 0 Å². The lowest BCUT2D eigenvalue weighted by atomic mass is 9.86. The van der Waals surface area contributed by atoms with Gasteiger partial charge in [0.1, 0.15) is 0 Å². The Kier molecular flexibility index (Phi) is 6.85. The first-order valence-electron chi connectivity index (χ1n) is 6.59. The van der Waals surface area contributed by atoms with E-state index in [4.69, 9.17) is 4.74 Å². The van der Waals surface area contributed by atoms with Crippen LogP contribution in [0.4, 0.5) is 0 Å². The van der Waals surface area contributed by atoms with E-state index in [1.807, 2.05) is 18.8 Å². The number of rotatable bonds is 8. The molecule has 1 fully saturated rings. The lowest BCUT2D eigenvalue weighted by Gasteiger charge is -2.36. The standard InChI is InChI=1S/C13H28N2OS/c1-5-12(8-17-4)15(3)10-13(9-14-2)6-7-16-11-13/h12,14H,5-11H2,1-4H3. The highest BCUT2D eigenvalue weighted by molar-refractivity contribution is 7.98. The van der Waals surface area contributed by atoms with Crippen LogP contribution in [0.5, 0.6) is 0 Å². The molecule has 1 rings (SSSR count). The zero-order valence-corrected chi connectivity index (χ0v) is 12.6. The van der Waals surface area contributed by atoms with Crippen LogP contribution in [0.2, 0.25) is 0 Å². The van der Waals surface area contributed by atoms with E-state index in [-0.39, 0.29) is 0 Å². The fraction of sp³-hybridized carbons (Fsp3) is 1.00. The quantitative estimate of drug-likeness (QED) is 0.718. The van der Waals surface area contributed by atoms with Crippen LogP contribution in [-0.2, 0) is 4.74 Å². The predicted molar refractivity (Wildman–Crippen MR) is 76.9 cm³/mol. The Balaban J connectivity index is 2.53. The van der Waals surface area contributed by atoms with Crippen molar-refractivity contribution in [3.05, 3.63) is 0 Å². The Bertz CT molecular complexity index is 208. The van der Waals surface area contributed by atoms with Gasteiger partial charge < -0.3 is 15.0 Å². The molecule has 2 unspecified atom stereocenters. The fourth-order valence-electron chi connectivity index (χ4n) is 2.75. The smallest absolute Gasteiger partial charge is 0.0547 e. The molecule has 0 aromatic carbocycles. The SMILES string of the molecule is CCC(CSC)N(C)CC1(CNC)CCOC1. The van der Waals surface area contributed by atoms with Crippen molar-refractivity contribution in [1.82, 2.24) is 10.2 Å². The monoisotopic (exact) mass is 260 g/mol. The van der Waals surface area contributed by atoms with Crippen molar-refractivity contribution >= 4 is 11.8 Å². The molecule has 3 nitrogen and oxygen atoms in total. The van der Waals surface area contributed by atoms with Gasteiger partial charge in [0.2, 0.25) is 0 Å². The molecule has 2 atom stereocenters. The van der Waals surface area contributed by atoms with Gasteiger partial charge in [0.15, 0.2) is 0 Å². The summed E-state index contributed by atoms with van der Waals surface area (Å²) in [5.41, 5.74) is 0.329. The Morgan fingerprint density at radius 2 is 2.29 bits per heavy atom. The van der Waals surface area contributed by atoms with Crippen molar-refractivity contribution in [3.63, 3.8) is 0 Å². The molecular formula is C13H28N2OS. The number of hydrogen-bond donors (Lipinski definition) is 1. The van der Waals surface area contributed by atoms with E-state index in [0.717, 1.165) is 26.3 Å². The molecule has 1 N–H and O–H groups in total. The van der Waals surface area contributed by atoms with Crippen molar-refractivity contribution in [2.24, 2.45) is 5.41 Å². The summed E-state index contributed by atoms with van der Waals surface area (Å²) in [7, 11) is 4.30. The second-order valence-electron chi connectivity index (χ2n) is 5.27. The number of hydrogen-bond acceptors (Lipinski definition) is 4. The molecule has 0 spiro atoms. The minimum atomic E-state index is 0.329. The molecule has 17 heavy (non-hydrogen) atoms. The minimum absolute atomic E-state index is 0.329. The van der Waals surface area contributed by atoms with Crippen LogP contribution < -0.4 is 5.32 Å². The van der Waals surface area contributed by atoms with Crippen molar-refractivity contribution in [3.8, 4) is 0 Å². The lowest BCUT2D eigenvalue weighted by Crippen LogP contribution is -2.46. The molecule has 0 radical (unpaired) electrons. The van der Waals surface area contributed by atoms with Crippen LogP contribution in [0.25, 0.3) is 0 Å². The summed E-state index contributed by atoms with van der Waals surface area (Å²) in [4.78, 5) is 2.53. The maximum atomic E-state index is 5.62. The normalized spacial score (nSPS) is 26.6. The van der Waals surface area contributed by atoms with Crippen LogP contribution >= 0.6 is 11.8 Å². The molecule has 1 saturated heterocycles. The summed E-state index contributed by atoms with van der Waals surface area (Å²) in [5, 5.41) is 3.33. The Morgan fingerprint density at radius 1 is 1.53 bits per heavy atom. The predicted octanol–water partition coefficient (Wildman–Crippen LogP) is 1.69. The third kappa shape index (κ3) is 4.43. The van der Waals surface area contributed by atoms with Crippen molar-refractivity contribution in [1.29, 1.82) is 0 Å². The van der Waals surface area contributed by atoms with E-state index < -0.39 is 0 Å². The highest BCUT2D eigenvalue weighted by Gasteiger charge is 2.36. The molecule has 1 aliphatic rings. The lowest BCUT2D eigenvalue weighted by molar-refractivity contribution is 0.106. The van der Waals surface area contributed by atoms with Gasteiger partial charge in [-0.3, -0.25) is 0 Å². The number of thioether (sulfide) groups is 1. The largest absolute Gasteiger partial charge is 0.381 e. The van der Waals surface area contributed by atoms with Crippen LogP contribution in [0.1, 0.15) is 19.8 Å². The highest BCUT2D eigenvalue weighted by atomic mass is 32.2. The first kappa shape index (κ1) is 15.3. The average molecular weight is 260 g/mol. The van der Waals surface area contributed by atoms with Gasteiger partial charge in [0.25, 0.3) is 0 Å². The van der Waals surface area contributed by atoms with Crippen LogP contribution in [0, 0.1) is 5.41 Å². The van der Waals surface area contributed by atoms with E-state index in [9.17, 15) is 0 Å². The van der Waals surface area contributed by atoms with Gasteiger partial charge in [-0.2, -0.15) is 11.8 Å². The summed E-state index contributed by atoms with van der Waals surface area (Å²) in [5.74, 6) is 1.23. The second-order valence-corrected chi connectivity index (χ2v) is 6.18. The van der Waals surface area contributed by atoms with Gasteiger partial charge in [0.05, 0.1) is 6.61 Å². The van der Waals surface area contributed by atoms with E-state index in [1.165, 1.54) is 18.6 Å². The summed E-state index contributed by atoms with van der Waals surface area (Å²) in [6, 6.07) is 0.694. The van der Waals surface area contributed by atoms with Gasteiger partial charge in [-0.05, 0) is 33.2 Å². The Hall–Kier alpha value is 0.230. The molecule has 4 heteroatoms. The highest BCUT2D eigenvalue weighted by Crippen LogP contribution is 2.29. The van der Waals surface area contributed by atoms with E-state index >= 15 is 0 Å². The molecule has 0 aromatic rings. The van der Waals surface area contributed by atoms with Crippen LogP contribution in [-0.4, -0.2) is 63.3 Å². The van der Waals surface area contributed by atoms with Gasteiger partial charge in [-0.1, -0.05) is 6.92 Å². The van der Waals surface area contributed by atoms with Crippen molar-refractivity contribution < 1.29 is 4.74 Å². The topological polar surface area (TPSA) is 24.5 Å².